The minimum absolute atomic E-state index is 0.149. The summed E-state index contributed by atoms with van der Waals surface area (Å²) in [4.78, 5) is 32.3. The van der Waals surface area contributed by atoms with Crippen molar-refractivity contribution in [3.05, 3.63) is 81.3 Å². The van der Waals surface area contributed by atoms with E-state index in [4.69, 9.17) is 4.74 Å². The van der Waals surface area contributed by atoms with Gasteiger partial charge in [0.1, 0.15) is 16.5 Å². The van der Waals surface area contributed by atoms with Gasteiger partial charge in [0.05, 0.1) is 19.1 Å². The lowest BCUT2D eigenvalue weighted by molar-refractivity contribution is -0.134. The van der Waals surface area contributed by atoms with Gasteiger partial charge in [-0.2, -0.15) is 0 Å². The van der Waals surface area contributed by atoms with E-state index in [0.29, 0.717) is 18.8 Å². The smallest absolute Gasteiger partial charge is 0.233 e. The molecule has 1 heterocycles. The molecule has 0 unspecified atom stereocenters. The fourth-order valence-corrected chi connectivity index (χ4v) is 5.06. The summed E-state index contributed by atoms with van der Waals surface area (Å²) >= 11 is 1.49. The third-order valence-electron chi connectivity index (χ3n) is 6.14. The van der Waals surface area contributed by atoms with Gasteiger partial charge in [0.2, 0.25) is 5.91 Å². The van der Waals surface area contributed by atoms with Gasteiger partial charge in [-0.05, 0) is 55.9 Å². The summed E-state index contributed by atoms with van der Waals surface area (Å²) in [5.74, 6) is 0.938. The van der Waals surface area contributed by atoms with Gasteiger partial charge < -0.3 is 9.64 Å². The standard InChI is InChI=1S/C26H28N2O3S/c1-19-23(18-29)27-24(32-19)17-28(16-6-9-20-7-4-3-5-8-20)25(30)26(14-15-26)21-10-12-22(31-2)13-11-21/h3-5,7-8,10-13,18H,6,9,14-17H2,1-2H3. The maximum absolute atomic E-state index is 13.8. The monoisotopic (exact) mass is 448 g/mol. The van der Waals surface area contributed by atoms with Gasteiger partial charge in [-0.3, -0.25) is 9.59 Å². The number of carbonyl (C=O) groups excluding carboxylic acids is 2. The molecule has 0 spiro atoms. The van der Waals surface area contributed by atoms with Crippen LogP contribution in [0, 0.1) is 6.92 Å². The van der Waals surface area contributed by atoms with Crippen LogP contribution in [0.5, 0.6) is 5.75 Å². The van der Waals surface area contributed by atoms with Crippen LogP contribution in [-0.2, 0) is 23.2 Å². The molecule has 1 aliphatic carbocycles. The minimum atomic E-state index is -0.460. The Morgan fingerprint density at radius 2 is 1.88 bits per heavy atom. The van der Waals surface area contributed by atoms with Crippen LogP contribution >= 0.6 is 11.3 Å². The van der Waals surface area contributed by atoms with Crippen LogP contribution in [0.15, 0.2) is 54.6 Å². The van der Waals surface area contributed by atoms with Gasteiger partial charge in [-0.25, -0.2) is 4.98 Å². The normalized spacial score (nSPS) is 14.1. The Kier molecular flexibility index (Phi) is 6.70. The van der Waals surface area contributed by atoms with E-state index in [-0.39, 0.29) is 5.91 Å². The van der Waals surface area contributed by atoms with Crippen molar-refractivity contribution in [1.82, 2.24) is 9.88 Å². The Hall–Kier alpha value is -2.99. The highest BCUT2D eigenvalue weighted by molar-refractivity contribution is 7.11. The average molecular weight is 449 g/mol. The number of methoxy groups -OCH3 is 1. The first-order valence-corrected chi connectivity index (χ1v) is 11.8. The molecular weight excluding hydrogens is 420 g/mol. The summed E-state index contributed by atoms with van der Waals surface area (Å²) in [6, 6.07) is 18.2. The van der Waals surface area contributed by atoms with Crippen LogP contribution in [0.3, 0.4) is 0 Å². The zero-order valence-electron chi connectivity index (χ0n) is 18.5. The van der Waals surface area contributed by atoms with Crippen LogP contribution in [0.25, 0.3) is 0 Å². The summed E-state index contributed by atoms with van der Waals surface area (Å²) in [5.41, 5.74) is 2.32. The van der Waals surface area contributed by atoms with Gasteiger partial charge in [0.25, 0.3) is 0 Å². The summed E-state index contributed by atoms with van der Waals surface area (Å²) in [6.07, 6.45) is 4.28. The molecule has 1 saturated carbocycles. The zero-order chi connectivity index (χ0) is 22.6. The summed E-state index contributed by atoms with van der Waals surface area (Å²) in [5, 5.41) is 0.809. The molecule has 6 heteroatoms. The topological polar surface area (TPSA) is 59.5 Å². The molecule has 0 atom stereocenters. The second-order valence-corrected chi connectivity index (χ2v) is 9.58. The van der Waals surface area contributed by atoms with E-state index in [0.717, 1.165) is 53.2 Å². The van der Waals surface area contributed by atoms with Crippen molar-refractivity contribution in [1.29, 1.82) is 0 Å². The van der Waals surface area contributed by atoms with Crippen LogP contribution in [0.2, 0.25) is 0 Å². The molecule has 4 rings (SSSR count). The molecule has 5 nitrogen and oxygen atoms in total. The number of rotatable bonds is 10. The number of nitrogens with zero attached hydrogens (tertiary/aromatic N) is 2. The molecule has 166 valence electrons. The van der Waals surface area contributed by atoms with Crippen molar-refractivity contribution < 1.29 is 14.3 Å². The van der Waals surface area contributed by atoms with Crippen molar-refractivity contribution in [3.8, 4) is 5.75 Å². The second kappa shape index (κ2) is 9.65. The number of aromatic nitrogens is 1. The van der Waals surface area contributed by atoms with Crippen LogP contribution < -0.4 is 4.74 Å². The van der Waals surface area contributed by atoms with Gasteiger partial charge in [-0.1, -0.05) is 42.5 Å². The van der Waals surface area contributed by atoms with E-state index < -0.39 is 5.41 Å². The highest BCUT2D eigenvalue weighted by atomic mass is 32.1. The Bertz CT molecular complexity index is 1070. The van der Waals surface area contributed by atoms with Gasteiger partial charge in [-0.15, -0.1) is 11.3 Å². The predicted molar refractivity (Wildman–Crippen MR) is 126 cm³/mol. The third kappa shape index (κ3) is 4.75. The van der Waals surface area contributed by atoms with Gasteiger partial charge >= 0.3 is 0 Å². The van der Waals surface area contributed by atoms with Crippen molar-refractivity contribution in [2.45, 2.75) is 44.6 Å². The summed E-state index contributed by atoms with van der Waals surface area (Å²) < 4.78 is 5.28. The van der Waals surface area contributed by atoms with E-state index >= 15 is 0 Å². The number of aryl methyl sites for hydroxylation is 2. The van der Waals surface area contributed by atoms with E-state index in [1.807, 2.05) is 54.3 Å². The maximum Gasteiger partial charge on any atom is 0.233 e. The molecule has 3 aromatic rings. The largest absolute Gasteiger partial charge is 0.497 e. The van der Waals surface area contributed by atoms with E-state index in [9.17, 15) is 9.59 Å². The first-order valence-electron chi connectivity index (χ1n) is 10.9. The van der Waals surface area contributed by atoms with Gasteiger partial charge in [0.15, 0.2) is 6.29 Å². The molecule has 2 aromatic carbocycles. The number of benzene rings is 2. The molecule has 0 bridgehead atoms. The molecule has 1 amide bonds. The zero-order valence-corrected chi connectivity index (χ0v) is 19.4. The number of hydrogen-bond donors (Lipinski definition) is 0. The minimum Gasteiger partial charge on any atom is -0.497 e. The number of hydrogen-bond acceptors (Lipinski definition) is 5. The quantitative estimate of drug-likeness (QED) is 0.411. The maximum atomic E-state index is 13.8. The predicted octanol–water partition coefficient (Wildman–Crippen LogP) is 4.97. The molecule has 1 aromatic heterocycles. The highest BCUT2D eigenvalue weighted by Crippen LogP contribution is 2.50. The molecule has 0 N–H and O–H groups in total. The molecule has 1 aliphatic rings. The van der Waals surface area contributed by atoms with Crippen molar-refractivity contribution in [3.63, 3.8) is 0 Å². The lowest BCUT2D eigenvalue weighted by Gasteiger charge is -2.27. The Labute approximate surface area is 193 Å². The number of amides is 1. The van der Waals surface area contributed by atoms with Crippen LogP contribution in [0.4, 0.5) is 0 Å². The first-order chi connectivity index (χ1) is 15.6. The Balaban J connectivity index is 1.53. The average Bonchev–Trinajstić information content (AvgIpc) is 3.56. The SMILES string of the molecule is COc1ccc(C2(C(=O)N(CCCc3ccccc3)Cc3nc(C=O)c(C)s3)CC2)cc1. The second-order valence-electron chi connectivity index (χ2n) is 8.29. The van der Waals surface area contributed by atoms with Crippen LogP contribution in [-0.4, -0.2) is 35.7 Å². The number of ether oxygens (including phenoxy) is 1. The summed E-state index contributed by atoms with van der Waals surface area (Å²) in [6.45, 7) is 2.98. The van der Waals surface area contributed by atoms with Gasteiger partial charge in [0, 0.05) is 11.4 Å². The number of thiazole rings is 1. The molecular formula is C26H28N2O3S. The van der Waals surface area contributed by atoms with Crippen molar-refractivity contribution in [2.75, 3.05) is 13.7 Å². The third-order valence-corrected chi connectivity index (χ3v) is 7.11. The van der Waals surface area contributed by atoms with Crippen LogP contribution in [0.1, 0.15) is 50.8 Å². The molecule has 32 heavy (non-hydrogen) atoms. The molecule has 1 fully saturated rings. The fourth-order valence-electron chi connectivity index (χ4n) is 4.14. The first kappa shape index (κ1) is 22.2. The van der Waals surface area contributed by atoms with E-state index in [1.165, 1.54) is 16.9 Å². The van der Waals surface area contributed by atoms with Crippen molar-refractivity contribution >= 4 is 23.5 Å². The molecule has 0 aliphatic heterocycles. The van der Waals surface area contributed by atoms with Crippen molar-refractivity contribution in [2.24, 2.45) is 0 Å². The Morgan fingerprint density at radius 3 is 2.47 bits per heavy atom. The van der Waals surface area contributed by atoms with E-state index in [2.05, 4.69) is 17.1 Å². The molecule has 0 saturated heterocycles. The molecule has 0 radical (unpaired) electrons. The lowest BCUT2D eigenvalue weighted by atomic mass is 9.94. The summed E-state index contributed by atoms with van der Waals surface area (Å²) in [7, 11) is 1.64. The fraction of sp³-hybridized carbons (Fsp3) is 0.346. The highest BCUT2D eigenvalue weighted by Gasteiger charge is 2.53. The lowest BCUT2D eigenvalue weighted by Crippen LogP contribution is -2.39. The Morgan fingerprint density at radius 1 is 1.16 bits per heavy atom. The number of carbonyl (C=O) groups is 2. The number of aldehydes is 1. The van der Waals surface area contributed by atoms with E-state index in [1.54, 1.807) is 7.11 Å².